The monoisotopic (exact) mass is 352 g/mol. The van der Waals surface area contributed by atoms with Gasteiger partial charge in [0.25, 0.3) is 5.91 Å². The van der Waals surface area contributed by atoms with E-state index < -0.39 is 6.10 Å². The molecule has 2 aromatic rings. The van der Waals surface area contributed by atoms with Crippen LogP contribution in [-0.4, -0.2) is 17.9 Å². The normalized spacial score (nSPS) is 15.6. The van der Waals surface area contributed by atoms with Gasteiger partial charge in [0.15, 0.2) is 6.10 Å². The van der Waals surface area contributed by atoms with E-state index in [9.17, 15) is 9.59 Å². The molecule has 5 nitrogen and oxygen atoms in total. The van der Waals surface area contributed by atoms with Gasteiger partial charge in [-0.25, -0.2) is 0 Å². The lowest BCUT2D eigenvalue weighted by Gasteiger charge is -2.23. The second-order valence-corrected chi connectivity index (χ2v) is 6.61. The van der Waals surface area contributed by atoms with E-state index in [0.717, 1.165) is 12.0 Å². The molecule has 3 rings (SSSR count). The molecule has 136 valence electrons. The van der Waals surface area contributed by atoms with Crippen molar-refractivity contribution in [2.24, 2.45) is 0 Å². The van der Waals surface area contributed by atoms with Crippen LogP contribution in [0.25, 0.3) is 0 Å². The fraction of sp³-hybridized carbons (Fsp3) is 0.333. The van der Waals surface area contributed by atoms with E-state index in [1.807, 2.05) is 12.1 Å². The van der Waals surface area contributed by atoms with Crippen LogP contribution in [0.15, 0.2) is 42.5 Å². The van der Waals surface area contributed by atoms with Crippen molar-refractivity contribution in [1.82, 2.24) is 0 Å². The predicted molar refractivity (Wildman–Crippen MR) is 103 cm³/mol. The number of carbonyl (C=O) groups excluding carboxylic acids is 2. The molecule has 1 aliphatic heterocycles. The lowest BCUT2D eigenvalue weighted by molar-refractivity contribution is -0.122. The van der Waals surface area contributed by atoms with Gasteiger partial charge >= 0.3 is 0 Å². The van der Waals surface area contributed by atoms with E-state index in [-0.39, 0.29) is 11.8 Å². The number of nitrogens with one attached hydrogen (secondary N) is 2. The predicted octanol–water partition coefficient (Wildman–Crippen LogP) is 3.93. The lowest BCUT2D eigenvalue weighted by Crippen LogP contribution is -2.34. The number of hydrogen-bond acceptors (Lipinski definition) is 3. The zero-order valence-electron chi connectivity index (χ0n) is 15.2. The largest absolute Gasteiger partial charge is 0.479 e. The average Bonchev–Trinajstić information content (AvgIpc) is 2.62. The summed E-state index contributed by atoms with van der Waals surface area (Å²) in [6.45, 7) is 3.87. The summed E-state index contributed by atoms with van der Waals surface area (Å²) in [5.74, 6) is 0.324. The second kappa shape index (κ2) is 8.04. The van der Waals surface area contributed by atoms with Gasteiger partial charge < -0.3 is 15.4 Å². The highest BCUT2D eigenvalue weighted by atomic mass is 16.5. The summed E-state index contributed by atoms with van der Waals surface area (Å²) >= 11 is 0. The SMILES string of the molecule is CCCCc1ccc(CC(=O)Nc2ccc3c(c2)NC(=O)[C@@H](C)O3)cc1. The van der Waals surface area contributed by atoms with E-state index >= 15 is 0 Å². The third kappa shape index (κ3) is 4.42. The first kappa shape index (κ1) is 18.0. The van der Waals surface area contributed by atoms with Crippen molar-refractivity contribution in [2.45, 2.75) is 45.6 Å². The molecule has 0 radical (unpaired) electrons. The third-order valence-electron chi connectivity index (χ3n) is 4.40. The van der Waals surface area contributed by atoms with Crippen LogP contribution in [0.4, 0.5) is 11.4 Å². The molecule has 0 unspecified atom stereocenters. The molecule has 0 saturated heterocycles. The van der Waals surface area contributed by atoms with Crippen LogP contribution in [0.3, 0.4) is 0 Å². The second-order valence-electron chi connectivity index (χ2n) is 6.61. The molecule has 0 saturated carbocycles. The van der Waals surface area contributed by atoms with Crippen LogP contribution >= 0.6 is 0 Å². The number of aryl methyl sites for hydroxylation is 1. The third-order valence-corrected chi connectivity index (χ3v) is 4.40. The lowest BCUT2D eigenvalue weighted by atomic mass is 10.0. The maximum Gasteiger partial charge on any atom is 0.265 e. The van der Waals surface area contributed by atoms with Crippen molar-refractivity contribution in [3.63, 3.8) is 0 Å². The molecular weight excluding hydrogens is 328 g/mol. The van der Waals surface area contributed by atoms with Gasteiger partial charge in [-0.2, -0.15) is 0 Å². The number of hydrogen-bond donors (Lipinski definition) is 2. The quantitative estimate of drug-likeness (QED) is 0.828. The summed E-state index contributed by atoms with van der Waals surface area (Å²) < 4.78 is 5.51. The molecule has 1 heterocycles. The van der Waals surface area contributed by atoms with E-state index in [2.05, 4.69) is 29.7 Å². The van der Waals surface area contributed by atoms with Crippen LogP contribution in [0.5, 0.6) is 5.75 Å². The Hall–Kier alpha value is -2.82. The molecule has 2 aromatic carbocycles. The summed E-state index contributed by atoms with van der Waals surface area (Å²) in [5, 5.41) is 5.65. The van der Waals surface area contributed by atoms with Gasteiger partial charge in [-0.15, -0.1) is 0 Å². The van der Waals surface area contributed by atoms with Gasteiger partial charge in [0.1, 0.15) is 5.75 Å². The highest BCUT2D eigenvalue weighted by Gasteiger charge is 2.23. The minimum absolute atomic E-state index is 0.0947. The first-order valence-electron chi connectivity index (χ1n) is 9.04. The highest BCUT2D eigenvalue weighted by Crippen LogP contribution is 2.32. The molecule has 0 aromatic heterocycles. The van der Waals surface area contributed by atoms with Crippen LogP contribution < -0.4 is 15.4 Å². The summed E-state index contributed by atoms with van der Waals surface area (Å²) in [4.78, 5) is 24.0. The van der Waals surface area contributed by atoms with Gasteiger partial charge in [-0.05, 0) is 49.1 Å². The van der Waals surface area contributed by atoms with E-state index in [1.165, 1.54) is 18.4 Å². The molecule has 26 heavy (non-hydrogen) atoms. The van der Waals surface area contributed by atoms with Crippen molar-refractivity contribution in [1.29, 1.82) is 0 Å². The number of unbranched alkanes of at least 4 members (excludes halogenated alkanes) is 1. The van der Waals surface area contributed by atoms with E-state index in [1.54, 1.807) is 25.1 Å². The van der Waals surface area contributed by atoms with Crippen LogP contribution in [0.2, 0.25) is 0 Å². The maximum absolute atomic E-state index is 12.3. The van der Waals surface area contributed by atoms with Crippen molar-refractivity contribution >= 4 is 23.2 Å². The Morgan fingerprint density at radius 2 is 1.88 bits per heavy atom. The molecule has 1 aliphatic rings. The smallest absolute Gasteiger partial charge is 0.265 e. The number of rotatable bonds is 6. The topological polar surface area (TPSA) is 67.4 Å². The van der Waals surface area contributed by atoms with Crippen LogP contribution in [0, 0.1) is 0 Å². The molecule has 0 spiro atoms. The first-order chi connectivity index (χ1) is 12.5. The van der Waals surface area contributed by atoms with Crippen molar-refractivity contribution in [2.75, 3.05) is 10.6 Å². The summed E-state index contributed by atoms with van der Waals surface area (Å²) in [5.41, 5.74) is 3.49. The van der Waals surface area contributed by atoms with Crippen molar-refractivity contribution in [3.8, 4) is 5.75 Å². The number of benzene rings is 2. The van der Waals surface area contributed by atoms with Crippen LogP contribution in [-0.2, 0) is 22.4 Å². The first-order valence-corrected chi connectivity index (χ1v) is 9.04. The number of carbonyl (C=O) groups is 2. The zero-order valence-corrected chi connectivity index (χ0v) is 15.2. The molecule has 2 amide bonds. The maximum atomic E-state index is 12.3. The average molecular weight is 352 g/mol. The van der Waals surface area contributed by atoms with Gasteiger partial charge in [-0.3, -0.25) is 9.59 Å². The Kier molecular flexibility index (Phi) is 5.56. The highest BCUT2D eigenvalue weighted by molar-refractivity contribution is 5.99. The fourth-order valence-electron chi connectivity index (χ4n) is 2.88. The van der Waals surface area contributed by atoms with Crippen molar-refractivity contribution < 1.29 is 14.3 Å². The molecule has 0 fully saturated rings. The zero-order chi connectivity index (χ0) is 18.5. The van der Waals surface area contributed by atoms with Gasteiger partial charge in [0, 0.05) is 5.69 Å². The standard InChI is InChI=1S/C21H24N2O3/c1-3-4-5-15-6-8-16(9-7-15)12-20(24)22-17-10-11-19-18(13-17)23-21(25)14(2)26-19/h6-11,13-14H,3-5,12H2,1-2H3,(H,22,24)(H,23,25)/t14-/m1/s1. The van der Waals surface area contributed by atoms with Gasteiger partial charge in [0.05, 0.1) is 12.1 Å². The van der Waals surface area contributed by atoms with Crippen molar-refractivity contribution in [3.05, 3.63) is 53.6 Å². The number of fused-ring (bicyclic) bond motifs is 1. The Morgan fingerprint density at radius 1 is 1.15 bits per heavy atom. The summed E-state index contributed by atoms with van der Waals surface area (Å²) in [6.07, 6.45) is 3.23. The molecule has 1 atom stereocenters. The summed E-state index contributed by atoms with van der Waals surface area (Å²) in [7, 11) is 0. The van der Waals surface area contributed by atoms with E-state index in [0.29, 0.717) is 23.5 Å². The van der Waals surface area contributed by atoms with E-state index in [4.69, 9.17) is 4.74 Å². The summed E-state index contributed by atoms with van der Waals surface area (Å²) in [6, 6.07) is 13.4. The van der Waals surface area contributed by atoms with Gasteiger partial charge in [0.2, 0.25) is 5.91 Å². The Bertz CT molecular complexity index is 799. The van der Waals surface area contributed by atoms with Gasteiger partial charge in [-0.1, -0.05) is 37.6 Å². The molecule has 0 bridgehead atoms. The number of anilines is 2. The Balaban J connectivity index is 1.60. The molecule has 5 heteroatoms. The molecule has 2 N–H and O–H groups in total. The minimum Gasteiger partial charge on any atom is -0.479 e. The minimum atomic E-state index is -0.511. The Morgan fingerprint density at radius 3 is 2.62 bits per heavy atom. The fourth-order valence-corrected chi connectivity index (χ4v) is 2.88. The number of ether oxygens (including phenoxy) is 1. The molecular formula is C21H24N2O3. The molecule has 0 aliphatic carbocycles. The van der Waals surface area contributed by atoms with Crippen LogP contribution in [0.1, 0.15) is 37.8 Å². The number of amides is 2. The Labute approximate surface area is 153 Å².